The van der Waals surface area contributed by atoms with E-state index in [1.807, 2.05) is 45.3 Å². The van der Waals surface area contributed by atoms with Gasteiger partial charge in [-0.1, -0.05) is 37.6 Å². The Balaban J connectivity index is 0.000000205. The molecule has 7 rings (SSSR count). The van der Waals surface area contributed by atoms with Gasteiger partial charge in [-0.3, -0.25) is 14.8 Å². The van der Waals surface area contributed by atoms with Crippen molar-refractivity contribution in [2.24, 2.45) is 5.92 Å². The fourth-order valence-electron chi connectivity index (χ4n) is 5.81. The molecule has 244 valence electrons. The van der Waals surface area contributed by atoms with Gasteiger partial charge in [0.15, 0.2) is 0 Å². The molecule has 4 aromatic heterocycles. The molecule has 1 atom stereocenters. The smallest absolute Gasteiger partial charge is 0.340 e. The molecule has 8 nitrogen and oxygen atoms in total. The molecule has 1 aromatic carbocycles. The Bertz CT molecular complexity index is 1860. The number of pyridine rings is 3. The van der Waals surface area contributed by atoms with Crippen LogP contribution in [0.15, 0.2) is 60.9 Å². The van der Waals surface area contributed by atoms with Crippen LogP contribution >= 0.6 is 11.3 Å². The van der Waals surface area contributed by atoms with E-state index in [9.17, 15) is 14.0 Å². The van der Waals surface area contributed by atoms with Crippen molar-refractivity contribution in [3.63, 3.8) is 0 Å². The van der Waals surface area contributed by atoms with Crippen molar-refractivity contribution in [1.29, 1.82) is 0 Å². The Morgan fingerprint density at radius 3 is 2.53 bits per heavy atom. The maximum atomic E-state index is 12.9. The third-order valence-electron chi connectivity index (χ3n) is 8.05. The predicted molar refractivity (Wildman–Crippen MR) is 186 cm³/mol. The number of hydrogen-bond donors (Lipinski definition) is 2. The standard InChI is InChI=1S/C22H24N4O3S.C8H9N.C7H7F/c1-10(2)8-13-15(22(28)29-5)16(17-18(26-13)11(3)25-21(17)27)14-9-12-6-7-24-20(23-4)19(12)30-14;1-3-7-4-2-6-9-8(7)5-1;1-6-2-4-7(8)5-3-6/h6-7,9-11H,8H2,1-5H3,(H,23,24)(H,25,27);2,4,6H,1,3,5H2;2-5H,1H3. The number of nitrogens with one attached hydrogen (secondary N) is 2. The molecule has 5 heterocycles. The van der Waals surface area contributed by atoms with E-state index >= 15 is 0 Å². The Labute approximate surface area is 278 Å². The maximum Gasteiger partial charge on any atom is 0.340 e. The van der Waals surface area contributed by atoms with Crippen LogP contribution in [0.5, 0.6) is 0 Å². The number of carbonyl (C=O) groups is 2. The normalized spacial score (nSPS) is 14.4. The molecule has 0 spiro atoms. The van der Waals surface area contributed by atoms with Gasteiger partial charge in [0.2, 0.25) is 0 Å². The highest BCUT2D eigenvalue weighted by molar-refractivity contribution is 7.22. The number of amides is 1. The topological polar surface area (TPSA) is 106 Å². The zero-order valence-corrected chi connectivity index (χ0v) is 28.4. The van der Waals surface area contributed by atoms with Crippen LogP contribution in [0, 0.1) is 18.7 Å². The zero-order valence-electron chi connectivity index (χ0n) is 27.6. The van der Waals surface area contributed by atoms with Crippen molar-refractivity contribution in [2.45, 2.75) is 59.4 Å². The van der Waals surface area contributed by atoms with Crippen LogP contribution < -0.4 is 10.6 Å². The summed E-state index contributed by atoms with van der Waals surface area (Å²) in [6.45, 7) is 7.99. The summed E-state index contributed by atoms with van der Waals surface area (Å²) in [6.07, 6.45) is 7.96. The van der Waals surface area contributed by atoms with E-state index in [2.05, 4.69) is 40.5 Å². The van der Waals surface area contributed by atoms with Crippen molar-refractivity contribution in [1.82, 2.24) is 20.3 Å². The number of benzene rings is 1. The Morgan fingerprint density at radius 1 is 1.11 bits per heavy atom. The number of esters is 1. The lowest BCUT2D eigenvalue weighted by Crippen LogP contribution is -2.17. The second kappa shape index (κ2) is 14.8. The first-order valence-electron chi connectivity index (χ1n) is 15.8. The molecule has 5 aromatic rings. The summed E-state index contributed by atoms with van der Waals surface area (Å²) in [7, 11) is 3.18. The summed E-state index contributed by atoms with van der Waals surface area (Å²) in [6, 6.07) is 14.3. The fourth-order valence-corrected chi connectivity index (χ4v) is 7.02. The first kappa shape index (κ1) is 33.7. The van der Waals surface area contributed by atoms with Crippen LogP contribution in [-0.2, 0) is 24.0 Å². The molecule has 0 fully saturated rings. The van der Waals surface area contributed by atoms with Crippen LogP contribution in [0.25, 0.3) is 20.5 Å². The van der Waals surface area contributed by atoms with Crippen molar-refractivity contribution in [3.05, 3.63) is 106 Å². The minimum Gasteiger partial charge on any atom is -0.465 e. The highest BCUT2D eigenvalue weighted by atomic mass is 32.1. The molecule has 47 heavy (non-hydrogen) atoms. The number of carbonyl (C=O) groups excluding carboxylic acids is 2. The highest BCUT2D eigenvalue weighted by Crippen LogP contribution is 2.43. The Morgan fingerprint density at radius 2 is 1.87 bits per heavy atom. The highest BCUT2D eigenvalue weighted by Gasteiger charge is 2.36. The third kappa shape index (κ3) is 7.49. The second-order valence-electron chi connectivity index (χ2n) is 12.1. The molecule has 1 unspecified atom stereocenters. The van der Waals surface area contributed by atoms with Gasteiger partial charge in [0.1, 0.15) is 11.6 Å². The largest absolute Gasteiger partial charge is 0.465 e. The van der Waals surface area contributed by atoms with E-state index in [1.54, 1.807) is 18.3 Å². The Hall–Kier alpha value is -4.70. The summed E-state index contributed by atoms with van der Waals surface area (Å²) >= 11 is 1.50. The van der Waals surface area contributed by atoms with Gasteiger partial charge in [0, 0.05) is 35.6 Å². The molecule has 0 saturated carbocycles. The number of ether oxygens (including phenoxy) is 1. The first-order valence-corrected chi connectivity index (χ1v) is 16.6. The number of rotatable bonds is 5. The Kier molecular flexibility index (Phi) is 10.6. The number of methoxy groups -OCH3 is 1. The van der Waals surface area contributed by atoms with Crippen LogP contribution in [0.1, 0.15) is 82.2 Å². The first-order chi connectivity index (χ1) is 22.6. The monoisotopic (exact) mass is 653 g/mol. The van der Waals surface area contributed by atoms with Gasteiger partial charge < -0.3 is 15.4 Å². The van der Waals surface area contributed by atoms with Crippen LogP contribution in [0.2, 0.25) is 0 Å². The number of aryl methyl sites for hydroxylation is 3. The van der Waals surface area contributed by atoms with Crippen molar-refractivity contribution in [2.75, 3.05) is 19.5 Å². The van der Waals surface area contributed by atoms with E-state index in [0.29, 0.717) is 34.5 Å². The van der Waals surface area contributed by atoms with Gasteiger partial charge in [-0.2, -0.15) is 0 Å². The van der Waals surface area contributed by atoms with Crippen molar-refractivity contribution in [3.8, 4) is 10.4 Å². The van der Waals surface area contributed by atoms with Crippen molar-refractivity contribution >= 4 is 39.1 Å². The van der Waals surface area contributed by atoms with Gasteiger partial charge in [-0.05, 0) is 86.7 Å². The summed E-state index contributed by atoms with van der Waals surface area (Å²) < 4.78 is 18.2. The number of hydrogen-bond acceptors (Lipinski definition) is 8. The van der Waals surface area contributed by atoms with E-state index in [0.717, 1.165) is 26.3 Å². The van der Waals surface area contributed by atoms with Gasteiger partial charge in [-0.15, -0.1) is 11.3 Å². The molecule has 0 bridgehead atoms. The minimum atomic E-state index is -0.479. The number of fused-ring (bicyclic) bond motifs is 3. The fraction of sp³-hybridized carbons (Fsp3) is 0.324. The quantitative estimate of drug-likeness (QED) is 0.186. The molecule has 0 saturated heterocycles. The van der Waals surface area contributed by atoms with Crippen LogP contribution in [0.3, 0.4) is 0 Å². The number of halogens is 1. The molecule has 1 amide bonds. The van der Waals surface area contributed by atoms with Gasteiger partial charge in [-0.25, -0.2) is 14.2 Å². The average molecular weight is 654 g/mol. The molecule has 0 radical (unpaired) electrons. The van der Waals surface area contributed by atoms with Crippen LogP contribution in [0.4, 0.5) is 10.2 Å². The van der Waals surface area contributed by atoms with E-state index in [-0.39, 0.29) is 23.7 Å². The zero-order chi connectivity index (χ0) is 33.7. The van der Waals surface area contributed by atoms with E-state index in [1.165, 1.54) is 61.1 Å². The summed E-state index contributed by atoms with van der Waals surface area (Å²) in [5.74, 6) is 0.179. The molecule has 1 aliphatic carbocycles. The number of aromatic nitrogens is 3. The summed E-state index contributed by atoms with van der Waals surface area (Å²) in [5.41, 5.74) is 6.65. The molecule has 2 N–H and O–H groups in total. The molecule has 2 aliphatic rings. The lowest BCUT2D eigenvalue weighted by atomic mass is 9.93. The minimum absolute atomic E-state index is 0.171. The lowest BCUT2D eigenvalue weighted by Gasteiger charge is -2.17. The lowest BCUT2D eigenvalue weighted by molar-refractivity contribution is 0.0599. The maximum absolute atomic E-state index is 12.9. The van der Waals surface area contributed by atoms with E-state index < -0.39 is 5.97 Å². The van der Waals surface area contributed by atoms with E-state index in [4.69, 9.17) is 9.72 Å². The van der Waals surface area contributed by atoms with Crippen molar-refractivity contribution < 1.29 is 18.7 Å². The molecular weight excluding hydrogens is 614 g/mol. The summed E-state index contributed by atoms with van der Waals surface area (Å²) in [5, 5.41) is 7.04. The van der Waals surface area contributed by atoms with Gasteiger partial charge in [0.05, 0.1) is 40.4 Å². The SMILES string of the molecule is CNc1nccc2cc(-c3c(C(=O)OC)c(CC(C)C)nc4c3C(=O)NC4C)sc12.Cc1ccc(F)cc1.c1cnc2c(c1)CCC2. The summed E-state index contributed by atoms with van der Waals surface area (Å²) in [4.78, 5) is 40.0. The number of thiophene rings is 1. The number of anilines is 1. The number of nitrogens with zero attached hydrogens (tertiary/aromatic N) is 3. The molecule has 10 heteroatoms. The third-order valence-corrected chi connectivity index (χ3v) is 9.22. The molecular formula is C37H40FN5O3S. The van der Waals surface area contributed by atoms with Gasteiger partial charge in [0.25, 0.3) is 5.91 Å². The molecule has 1 aliphatic heterocycles. The predicted octanol–water partition coefficient (Wildman–Crippen LogP) is 7.89. The van der Waals surface area contributed by atoms with Crippen LogP contribution in [-0.4, -0.2) is 41.0 Å². The van der Waals surface area contributed by atoms with Gasteiger partial charge >= 0.3 is 5.97 Å². The average Bonchev–Trinajstić information content (AvgIpc) is 3.79. The second-order valence-corrected chi connectivity index (χ2v) is 13.1.